The van der Waals surface area contributed by atoms with Crippen molar-refractivity contribution in [3.8, 4) is 0 Å². The number of benzene rings is 1. The van der Waals surface area contributed by atoms with E-state index in [1.165, 1.54) is 7.11 Å². The van der Waals surface area contributed by atoms with E-state index in [0.29, 0.717) is 42.0 Å². The summed E-state index contributed by atoms with van der Waals surface area (Å²) >= 11 is 0. The summed E-state index contributed by atoms with van der Waals surface area (Å²) in [6.45, 7) is 4.68. The highest BCUT2D eigenvalue weighted by molar-refractivity contribution is 6.03. The molecule has 1 aromatic carbocycles. The first-order chi connectivity index (χ1) is 14.5. The van der Waals surface area contributed by atoms with Crippen molar-refractivity contribution in [3.63, 3.8) is 0 Å². The molecule has 1 aliphatic carbocycles. The van der Waals surface area contributed by atoms with Gasteiger partial charge in [-0.2, -0.15) is 0 Å². The lowest BCUT2D eigenvalue weighted by molar-refractivity contribution is -0.140. The van der Waals surface area contributed by atoms with Gasteiger partial charge in [0.1, 0.15) is 6.61 Å². The normalized spacial score (nSPS) is 18.6. The SMILES string of the molecule is CCOCCOC(=O)C1=C(C)NC2=C(C(=O)CCC2)[C@H]1c1ccc(C(=O)OC)cc1. The molecular formula is C23H27NO6. The molecule has 0 spiro atoms. The largest absolute Gasteiger partial charge is 0.465 e. The van der Waals surface area contributed by atoms with E-state index in [1.54, 1.807) is 24.3 Å². The zero-order valence-corrected chi connectivity index (χ0v) is 17.6. The molecule has 0 unspecified atom stereocenters. The van der Waals surface area contributed by atoms with Crippen molar-refractivity contribution in [1.29, 1.82) is 0 Å². The number of hydrogen-bond acceptors (Lipinski definition) is 7. The second kappa shape index (κ2) is 9.71. The van der Waals surface area contributed by atoms with Gasteiger partial charge in [0, 0.05) is 35.9 Å². The van der Waals surface area contributed by atoms with Crippen LogP contribution in [0.4, 0.5) is 0 Å². The number of rotatable bonds is 7. The van der Waals surface area contributed by atoms with E-state index in [4.69, 9.17) is 14.2 Å². The number of hydrogen-bond donors (Lipinski definition) is 1. The maximum atomic E-state index is 13.0. The third-order valence-electron chi connectivity index (χ3n) is 5.33. The fourth-order valence-electron chi connectivity index (χ4n) is 3.93. The van der Waals surface area contributed by atoms with E-state index in [2.05, 4.69) is 5.32 Å². The Morgan fingerprint density at radius 1 is 1.10 bits per heavy atom. The molecule has 0 saturated carbocycles. The average Bonchev–Trinajstić information content (AvgIpc) is 2.75. The lowest BCUT2D eigenvalue weighted by Gasteiger charge is -2.34. The molecule has 0 fully saturated rings. The second-order valence-electron chi connectivity index (χ2n) is 7.21. The number of carbonyl (C=O) groups is 3. The van der Waals surface area contributed by atoms with Crippen LogP contribution in [0.3, 0.4) is 0 Å². The summed E-state index contributed by atoms with van der Waals surface area (Å²) in [4.78, 5) is 37.6. The van der Waals surface area contributed by atoms with Crippen LogP contribution in [-0.2, 0) is 23.8 Å². The van der Waals surface area contributed by atoms with Gasteiger partial charge in [-0.3, -0.25) is 4.79 Å². The quantitative estimate of drug-likeness (QED) is 0.543. The van der Waals surface area contributed by atoms with Gasteiger partial charge in [0.15, 0.2) is 5.78 Å². The first kappa shape index (κ1) is 21.8. The van der Waals surface area contributed by atoms with Crippen LogP contribution in [0.15, 0.2) is 46.8 Å². The molecule has 0 saturated heterocycles. The third-order valence-corrected chi connectivity index (χ3v) is 5.33. The molecule has 1 aromatic rings. The summed E-state index contributed by atoms with van der Waals surface area (Å²) in [6, 6.07) is 6.80. The van der Waals surface area contributed by atoms with Crippen molar-refractivity contribution < 1.29 is 28.6 Å². The summed E-state index contributed by atoms with van der Waals surface area (Å²) in [5.74, 6) is -1.44. The smallest absolute Gasteiger partial charge is 0.337 e. The molecule has 1 N–H and O–H groups in total. The van der Waals surface area contributed by atoms with Gasteiger partial charge in [-0.05, 0) is 44.4 Å². The van der Waals surface area contributed by atoms with Gasteiger partial charge in [0.25, 0.3) is 0 Å². The summed E-state index contributed by atoms with van der Waals surface area (Å²) in [6.07, 6.45) is 1.98. The molecule has 2 aliphatic rings. The van der Waals surface area contributed by atoms with E-state index in [9.17, 15) is 14.4 Å². The standard InChI is InChI=1S/C23H27NO6/c1-4-29-12-13-30-23(27)19-14(2)24-17-6-5-7-18(25)21(17)20(19)15-8-10-16(11-9-15)22(26)28-3/h8-11,20,24H,4-7,12-13H2,1-3H3/t20-/m0/s1. The Balaban J connectivity index is 1.98. The molecule has 0 amide bonds. The molecule has 3 rings (SSSR count). The Morgan fingerprint density at radius 3 is 2.50 bits per heavy atom. The number of esters is 2. The van der Waals surface area contributed by atoms with Crippen molar-refractivity contribution in [2.24, 2.45) is 0 Å². The molecule has 0 bridgehead atoms. The zero-order chi connectivity index (χ0) is 21.7. The van der Waals surface area contributed by atoms with E-state index < -0.39 is 17.9 Å². The number of ketones is 1. The Kier molecular flexibility index (Phi) is 7.05. The Hall–Kier alpha value is -2.93. The molecule has 30 heavy (non-hydrogen) atoms. The first-order valence-corrected chi connectivity index (χ1v) is 10.1. The lowest BCUT2D eigenvalue weighted by Crippen LogP contribution is -2.34. The van der Waals surface area contributed by atoms with Crippen molar-refractivity contribution in [3.05, 3.63) is 57.9 Å². The van der Waals surface area contributed by atoms with Crippen LogP contribution in [0.5, 0.6) is 0 Å². The Bertz CT molecular complexity index is 897. The van der Waals surface area contributed by atoms with Gasteiger partial charge < -0.3 is 19.5 Å². The van der Waals surface area contributed by atoms with Crippen LogP contribution in [0.2, 0.25) is 0 Å². The van der Waals surface area contributed by atoms with Crippen molar-refractivity contribution >= 4 is 17.7 Å². The highest BCUT2D eigenvalue weighted by Crippen LogP contribution is 2.42. The highest BCUT2D eigenvalue weighted by Gasteiger charge is 2.39. The van der Waals surface area contributed by atoms with Crippen LogP contribution in [0.1, 0.15) is 54.9 Å². The number of carbonyl (C=O) groups excluding carboxylic acids is 3. The van der Waals surface area contributed by atoms with Gasteiger partial charge in [-0.25, -0.2) is 9.59 Å². The first-order valence-electron chi connectivity index (χ1n) is 10.1. The second-order valence-corrected chi connectivity index (χ2v) is 7.21. The van der Waals surface area contributed by atoms with Crippen LogP contribution in [0.25, 0.3) is 0 Å². The monoisotopic (exact) mass is 413 g/mol. The van der Waals surface area contributed by atoms with Crippen molar-refractivity contribution in [2.45, 2.75) is 39.0 Å². The van der Waals surface area contributed by atoms with Gasteiger partial charge in [-0.1, -0.05) is 12.1 Å². The minimum atomic E-state index is -0.541. The highest BCUT2D eigenvalue weighted by atomic mass is 16.6. The summed E-state index contributed by atoms with van der Waals surface area (Å²) in [5, 5.41) is 3.25. The number of methoxy groups -OCH3 is 1. The maximum Gasteiger partial charge on any atom is 0.337 e. The third kappa shape index (κ3) is 4.46. The van der Waals surface area contributed by atoms with Crippen LogP contribution < -0.4 is 5.32 Å². The molecule has 1 aliphatic heterocycles. The van der Waals surface area contributed by atoms with Crippen LogP contribution in [0, 0.1) is 0 Å². The number of dihydropyridines is 1. The van der Waals surface area contributed by atoms with E-state index in [0.717, 1.165) is 24.1 Å². The zero-order valence-electron chi connectivity index (χ0n) is 17.6. The molecule has 7 heteroatoms. The topological polar surface area (TPSA) is 90.9 Å². The molecule has 0 radical (unpaired) electrons. The molecular weight excluding hydrogens is 386 g/mol. The van der Waals surface area contributed by atoms with Gasteiger partial charge in [0.05, 0.1) is 24.9 Å². The van der Waals surface area contributed by atoms with E-state index in [-0.39, 0.29) is 12.4 Å². The lowest BCUT2D eigenvalue weighted by atomic mass is 9.75. The minimum Gasteiger partial charge on any atom is -0.465 e. The summed E-state index contributed by atoms with van der Waals surface area (Å²) < 4.78 is 15.4. The number of nitrogens with one attached hydrogen (secondary N) is 1. The molecule has 0 aromatic heterocycles. The fourth-order valence-corrected chi connectivity index (χ4v) is 3.93. The van der Waals surface area contributed by atoms with Crippen LogP contribution >= 0.6 is 0 Å². The van der Waals surface area contributed by atoms with Crippen molar-refractivity contribution in [1.82, 2.24) is 5.32 Å². The minimum absolute atomic E-state index is 0.0258. The summed E-state index contributed by atoms with van der Waals surface area (Å²) in [5.41, 5.74) is 3.70. The predicted octanol–water partition coefficient (Wildman–Crippen LogP) is 3.02. The fraction of sp³-hybridized carbons (Fsp3) is 0.435. The summed E-state index contributed by atoms with van der Waals surface area (Å²) in [7, 11) is 1.32. The molecule has 7 nitrogen and oxygen atoms in total. The Labute approximate surface area is 176 Å². The van der Waals surface area contributed by atoms with E-state index in [1.807, 2.05) is 13.8 Å². The number of ether oxygens (including phenoxy) is 3. The Morgan fingerprint density at radius 2 is 1.83 bits per heavy atom. The van der Waals surface area contributed by atoms with Gasteiger partial charge in [0.2, 0.25) is 0 Å². The maximum absolute atomic E-state index is 13.0. The van der Waals surface area contributed by atoms with Crippen LogP contribution in [-0.4, -0.2) is 44.7 Å². The molecule has 160 valence electrons. The number of Topliss-reactive ketones (excluding diaryl/α,β-unsaturated/α-hetero) is 1. The van der Waals surface area contributed by atoms with Crippen molar-refractivity contribution in [2.75, 3.05) is 26.9 Å². The average molecular weight is 413 g/mol. The van der Waals surface area contributed by atoms with Gasteiger partial charge >= 0.3 is 11.9 Å². The van der Waals surface area contributed by atoms with E-state index >= 15 is 0 Å². The molecule has 1 heterocycles. The molecule has 1 atom stereocenters. The predicted molar refractivity (Wildman–Crippen MR) is 110 cm³/mol. The van der Waals surface area contributed by atoms with Gasteiger partial charge in [-0.15, -0.1) is 0 Å². The number of allylic oxidation sites excluding steroid dienone is 3.